The SMILES string of the molecule is COCCn1cnnc1SC(C(=O)NC1CC1)c1ccccc1. The summed E-state index contributed by atoms with van der Waals surface area (Å²) in [6, 6.07) is 10.1. The minimum absolute atomic E-state index is 0.0324. The molecule has 1 aliphatic carbocycles. The van der Waals surface area contributed by atoms with Gasteiger partial charge in [-0.25, -0.2) is 0 Å². The van der Waals surface area contributed by atoms with E-state index in [2.05, 4.69) is 15.5 Å². The van der Waals surface area contributed by atoms with E-state index in [1.54, 1.807) is 13.4 Å². The number of amides is 1. The third kappa shape index (κ3) is 4.33. The number of ether oxygens (including phenoxy) is 1. The van der Waals surface area contributed by atoms with Gasteiger partial charge >= 0.3 is 0 Å². The fraction of sp³-hybridized carbons (Fsp3) is 0.438. The van der Waals surface area contributed by atoms with E-state index >= 15 is 0 Å². The maximum atomic E-state index is 12.6. The van der Waals surface area contributed by atoms with Crippen molar-refractivity contribution in [3.63, 3.8) is 0 Å². The first-order chi connectivity index (χ1) is 11.3. The molecule has 1 atom stereocenters. The molecule has 1 unspecified atom stereocenters. The van der Waals surface area contributed by atoms with Crippen LogP contribution < -0.4 is 5.32 Å². The van der Waals surface area contributed by atoms with Crippen LogP contribution in [0.15, 0.2) is 41.8 Å². The highest BCUT2D eigenvalue weighted by molar-refractivity contribution is 8.00. The second-order valence-corrected chi connectivity index (χ2v) is 6.56. The molecule has 23 heavy (non-hydrogen) atoms. The molecule has 0 radical (unpaired) electrons. The first-order valence-corrected chi connectivity index (χ1v) is 8.54. The first kappa shape index (κ1) is 16.0. The lowest BCUT2D eigenvalue weighted by Crippen LogP contribution is -2.30. The zero-order valence-corrected chi connectivity index (χ0v) is 13.8. The number of carbonyl (C=O) groups is 1. The van der Waals surface area contributed by atoms with Crippen LogP contribution >= 0.6 is 11.8 Å². The molecule has 2 aromatic rings. The number of nitrogens with zero attached hydrogens (tertiary/aromatic N) is 3. The van der Waals surface area contributed by atoms with Crippen LogP contribution in [0.25, 0.3) is 0 Å². The van der Waals surface area contributed by atoms with Gasteiger partial charge in [0.2, 0.25) is 5.91 Å². The van der Waals surface area contributed by atoms with Crippen molar-refractivity contribution in [1.29, 1.82) is 0 Å². The summed E-state index contributed by atoms with van der Waals surface area (Å²) in [5, 5.41) is 11.6. The number of hydrogen-bond acceptors (Lipinski definition) is 5. The number of benzene rings is 1. The monoisotopic (exact) mass is 332 g/mol. The lowest BCUT2D eigenvalue weighted by molar-refractivity contribution is -0.120. The second-order valence-electron chi connectivity index (χ2n) is 5.49. The van der Waals surface area contributed by atoms with Crippen LogP contribution in [-0.2, 0) is 16.1 Å². The summed E-state index contributed by atoms with van der Waals surface area (Å²) in [6.07, 6.45) is 3.81. The first-order valence-electron chi connectivity index (χ1n) is 7.66. The Balaban J connectivity index is 1.78. The molecule has 0 aliphatic heterocycles. The maximum absolute atomic E-state index is 12.6. The Morgan fingerprint density at radius 3 is 2.91 bits per heavy atom. The average Bonchev–Trinajstić information content (AvgIpc) is 3.28. The Labute approximate surface area is 139 Å². The molecule has 1 aromatic heterocycles. The van der Waals surface area contributed by atoms with Gasteiger partial charge in [0.05, 0.1) is 6.61 Å². The van der Waals surface area contributed by atoms with E-state index in [0.29, 0.717) is 19.2 Å². The summed E-state index contributed by atoms with van der Waals surface area (Å²) in [5.74, 6) is 0.0324. The summed E-state index contributed by atoms with van der Waals surface area (Å²) in [4.78, 5) is 12.6. The van der Waals surface area contributed by atoms with Gasteiger partial charge in [-0.2, -0.15) is 0 Å². The van der Waals surface area contributed by atoms with Crippen molar-refractivity contribution in [3.8, 4) is 0 Å². The van der Waals surface area contributed by atoms with Crippen molar-refractivity contribution in [2.45, 2.75) is 35.8 Å². The Hall–Kier alpha value is -1.86. The summed E-state index contributed by atoms with van der Waals surface area (Å²) in [6.45, 7) is 1.24. The topological polar surface area (TPSA) is 69.0 Å². The van der Waals surface area contributed by atoms with Gasteiger partial charge in [0.25, 0.3) is 0 Å². The third-order valence-corrected chi connectivity index (χ3v) is 4.85. The molecule has 1 fully saturated rings. The predicted molar refractivity (Wildman–Crippen MR) is 88.1 cm³/mol. The molecule has 1 aliphatic rings. The summed E-state index contributed by atoms with van der Waals surface area (Å²) in [5.41, 5.74) is 0.969. The molecule has 1 amide bonds. The van der Waals surface area contributed by atoms with Crippen molar-refractivity contribution in [1.82, 2.24) is 20.1 Å². The molecule has 1 N–H and O–H groups in total. The Kier molecular flexibility index (Phi) is 5.30. The number of thioether (sulfide) groups is 1. The number of nitrogens with one attached hydrogen (secondary N) is 1. The minimum Gasteiger partial charge on any atom is -0.383 e. The molecular formula is C16H20N4O2S. The van der Waals surface area contributed by atoms with Crippen molar-refractivity contribution in [3.05, 3.63) is 42.2 Å². The molecule has 3 rings (SSSR count). The smallest absolute Gasteiger partial charge is 0.238 e. The fourth-order valence-corrected chi connectivity index (χ4v) is 3.24. The van der Waals surface area contributed by atoms with Gasteiger partial charge in [0, 0.05) is 19.7 Å². The zero-order valence-electron chi connectivity index (χ0n) is 13.0. The number of rotatable bonds is 8. The quantitative estimate of drug-likeness (QED) is 0.749. The highest BCUT2D eigenvalue weighted by atomic mass is 32.2. The fourth-order valence-electron chi connectivity index (χ4n) is 2.19. The molecule has 0 bridgehead atoms. The predicted octanol–water partition coefficient (Wildman–Crippen LogP) is 2.04. The van der Waals surface area contributed by atoms with E-state index in [1.807, 2.05) is 34.9 Å². The minimum atomic E-state index is -0.331. The summed E-state index contributed by atoms with van der Waals surface area (Å²) >= 11 is 1.43. The number of aromatic nitrogens is 3. The summed E-state index contributed by atoms with van der Waals surface area (Å²) < 4.78 is 7.01. The van der Waals surface area contributed by atoms with E-state index in [4.69, 9.17) is 4.74 Å². The number of hydrogen-bond donors (Lipinski definition) is 1. The normalized spacial score (nSPS) is 15.3. The standard InChI is InChI=1S/C16H20N4O2S/c1-22-10-9-20-11-17-19-16(20)23-14(12-5-3-2-4-6-12)15(21)18-13-7-8-13/h2-6,11,13-14H,7-10H2,1H3,(H,18,21). The molecule has 122 valence electrons. The molecule has 0 saturated heterocycles. The van der Waals surface area contributed by atoms with E-state index in [0.717, 1.165) is 23.6 Å². The van der Waals surface area contributed by atoms with Crippen LogP contribution in [0.3, 0.4) is 0 Å². The third-order valence-electron chi connectivity index (χ3n) is 3.60. The average molecular weight is 332 g/mol. The molecule has 6 nitrogen and oxygen atoms in total. The Morgan fingerprint density at radius 2 is 2.22 bits per heavy atom. The van der Waals surface area contributed by atoms with Crippen molar-refractivity contribution in [2.24, 2.45) is 0 Å². The van der Waals surface area contributed by atoms with Crippen LogP contribution in [0.1, 0.15) is 23.7 Å². The van der Waals surface area contributed by atoms with Gasteiger partial charge in [-0.1, -0.05) is 42.1 Å². The summed E-state index contributed by atoms with van der Waals surface area (Å²) in [7, 11) is 1.66. The number of methoxy groups -OCH3 is 1. The van der Waals surface area contributed by atoms with Crippen molar-refractivity contribution < 1.29 is 9.53 Å². The Morgan fingerprint density at radius 1 is 1.43 bits per heavy atom. The highest BCUT2D eigenvalue weighted by Crippen LogP contribution is 2.35. The zero-order chi connectivity index (χ0) is 16.1. The largest absolute Gasteiger partial charge is 0.383 e. The van der Waals surface area contributed by atoms with Gasteiger partial charge in [0.15, 0.2) is 5.16 Å². The van der Waals surface area contributed by atoms with Gasteiger partial charge in [0.1, 0.15) is 11.6 Å². The van der Waals surface area contributed by atoms with Crippen LogP contribution in [0, 0.1) is 0 Å². The molecule has 1 heterocycles. The van der Waals surface area contributed by atoms with E-state index in [9.17, 15) is 4.79 Å². The van der Waals surface area contributed by atoms with E-state index in [1.165, 1.54) is 11.8 Å². The maximum Gasteiger partial charge on any atom is 0.238 e. The Bertz CT molecular complexity index is 643. The van der Waals surface area contributed by atoms with Crippen LogP contribution in [0.4, 0.5) is 0 Å². The van der Waals surface area contributed by atoms with Gasteiger partial charge in [-0.05, 0) is 18.4 Å². The molecule has 7 heteroatoms. The van der Waals surface area contributed by atoms with Crippen molar-refractivity contribution >= 4 is 17.7 Å². The van der Waals surface area contributed by atoms with E-state index in [-0.39, 0.29) is 11.2 Å². The van der Waals surface area contributed by atoms with E-state index < -0.39 is 0 Å². The second kappa shape index (κ2) is 7.61. The number of carbonyl (C=O) groups excluding carboxylic acids is 1. The molecule has 0 spiro atoms. The lowest BCUT2D eigenvalue weighted by Gasteiger charge is -2.16. The van der Waals surface area contributed by atoms with Crippen LogP contribution in [-0.4, -0.2) is 40.4 Å². The van der Waals surface area contributed by atoms with Gasteiger partial charge in [-0.3, -0.25) is 4.79 Å². The van der Waals surface area contributed by atoms with Gasteiger partial charge in [-0.15, -0.1) is 10.2 Å². The van der Waals surface area contributed by atoms with Crippen LogP contribution in [0.2, 0.25) is 0 Å². The highest BCUT2D eigenvalue weighted by Gasteiger charge is 2.30. The van der Waals surface area contributed by atoms with Crippen molar-refractivity contribution in [2.75, 3.05) is 13.7 Å². The van der Waals surface area contributed by atoms with Crippen LogP contribution in [0.5, 0.6) is 0 Å². The molecule has 1 saturated carbocycles. The molecular weight excluding hydrogens is 312 g/mol. The van der Waals surface area contributed by atoms with Gasteiger partial charge < -0.3 is 14.6 Å². The molecule has 1 aromatic carbocycles. The lowest BCUT2D eigenvalue weighted by atomic mass is 10.1.